The first kappa shape index (κ1) is 11.7. The Morgan fingerprint density at radius 3 is 2.87 bits per heavy atom. The molecule has 1 unspecified atom stereocenters. The minimum atomic E-state index is -0.220. The van der Waals surface area contributed by atoms with Gasteiger partial charge in [0.1, 0.15) is 18.3 Å². The van der Waals surface area contributed by atoms with E-state index in [2.05, 4.69) is 0 Å². The van der Waals surface area contributed by atoms with Gasteiger partial charge in [-0.15, -0.1) is 0 Å². The minimum absolute atomic E-state index is 0.220. The first-order valence-corrected chi connectivity index (χ1v) is 4.86. The second kappa shape index (κ2) is 6.14. The molecule has 1 atom stereocenters. The summed E-state index contributed by atoms with van der Waals surface area (Å²) in [5.41, 5.74) is 0. The highest BCUT2D eigenvalue weighted by atomic mass is 16.3. The fourth-order valence-corrected chi connectivity index (χ4v) is 1.43. The third-order valence-electron chi connectivity index (χ3n) is 2.14. The number of hydrogen-bond acceptors (Lipinski definition) is 4. The van der Waals surface area contributed by atoms with Crippen molar-refractivity contribution in [3.63, 3.8) is 0 Å². The Bertz CT molecular complexity index is 295. The zero-order valence-corrected chi connectivity index (χ0v) is 8.76. The van der Waals surface area contributed by atoms with Gasteiger partial charge < -0.3 is 14.0 Å². The molecule has 0 aliphatic rings. The summed E-state index contributed by atoms with van der Waals surface area (Å²) in [5.74, 6) is 0.635. The highest BCUT2D eigenvalue weighted by molar-refractivity contribution is 5.62. The topological polar surface area (TPSA) is 50.5 Å². The molecule has 1 aromatic rings. The van der Waals surface area contributed by atoms with Crippen molar-refractivity contribution in [2.24, 2.45) is 5.92 Å². The van der Waals surface area contributed by atoms with Gasteiger partial charge in [-0.05, 0) is 19.2 Å². The van der Waals surface area contributed by atoms with Gasteiger partial charge in [0.05, 0.1) is 12.8 Å². The Morgan fingerprint density at radius 2 is 2.33 bits per heavy atom. The minimum Gasteiger partial charge on any atom is -0.468 e. The predicted molar refractivity (Wildman–Crippen MR) is 55.3 cm³/mol. The molecule has 82 valence electrons. The second-order valence-electron chi connectivity index (χ2n) is 3.57. The first-order chi connectivity index (χ1) is 7.26. The van der Waals surface area contributed by atoms with E-state index in [9.17, 15) is 9.59 Å². The lowest BCUT2D eigenvalue weighted by atomic mass is 10.1. The fraction of sp³-hybridized carbons (Fsp3) is 0.455. The maximum atomic E-state index is 10.6. The molecule has 1 heterocycles. The van der Waals surface area contributed by atoms with Gasteiger partial charge in [0.2, 0.25) is 0 Å². The molecule has 0 fully saturated rings. The Morgan fingerprint density at radius 1 is 1.53 bits per heavy atom. The number of carbonyl (C=O) groups is 2. The third-order valence-corrected chi connectivity index (χ3v) is 2.14. The van der Waals surface area contributed by atoms with E-state index in [1.54, 1.807) is 6.26 Å². The Labute approximate surface area is 88.9 Å². The summed E-state index contributed by atoms with van der Waals surface area (Å²) in [6.07, 6.45) is 3.50. The van der Waals surface area contributed by atoms with Crippen molar-refractivity contribution in [3.8, 4) is 0 Å². The molecule has 0 radical (unpaired) electrons. The van der Waals surface area contributed by atoms with Crippen LogP contribution in [0.1, 0.15) is 12.2 Å². The summed E-state index contributed by atoms with van der Waals surface area (Å²) in [4.78, 5) is 22.9. The molecule has 1 aromatic heterocycles. The van der Waals surface area contributed by atoms with Crippen LogP contribution in [0.25, 0.3) is 0 Å². The molecule has 0 saturated heterocycles. The monoisotopic (exact) mass is 209 g/mol. The van der Waals surface area contributed by atoms with E-state index in [-0.39, 0.29) is 12.3 Å². The third kappa shape index (κ3) is 4.08. The van der Waals surface area contributed by atoms with Crippen molar-refractivity contribution in [1.82, 2.24) is 4.90 Å². The highest BCUT2D eigenvalue weighted by Crippen LogP contribution is 2.06. The van der Waals surface area contributed by atoms with E-state index in [1.165, 1.54) is 0 Å². The molecule has 0 aromatic carbocycles. The van der Waals surface area contributed by atoms with Crippen molar-refractivity contribution in [2.75, 3.05) is 13.6 Å². The summed E-state index contributed by atoms with van der Waals surface area (Å²) in [5, 5.41) is 0. The van der Waals surface area contributed by atoms with Crippen LogP contribution in [-0.4, -0.2) is 31.1 Å². The van der Waals surface area contributed by atoms with Gasteiger partial charge in [0, 0.05) is 18.9 Å². The number of nitrogens with zero attached hydrogens (tertiary/aromatic N) is 1. The van der Waals surface area contributed by atoms with Crippen LogP contribution in [0.3, 0.4) is 0 Å². The smallest absolute Gasteiger partial charge is 0.124 e. The average molecular weight is 209 g/mol. The summed E-state index contributed by atoms with van der Waals surface area (Å²) < 4.78 is 5.18. The average Bonchev–Trinajstić information content (AvgIpc) is 2.69. The summed E-state index contributed by atoms with van der Waals surface area (Å²) >= 11 is 0. The van der Waals surface area contributed by atoms with Crippen LogP contribution in [0.2, 0.25) is 0 Å². The molecular formula is C11H15NO3. The molecule has 0 amide bonds. The van der Waals surface area contributed by atoms with E-state index in [1.807, 2.05) is 24.1 Å². The highest BCUT2D eigenvalue weighted by Gasteiger charge is 2.11. The Balaban J connectivity index is 2.37. The van der Waals surface area contributed by atoms with Gasteiger partial charge in [-0.3, -0.25) is 4.90 Å². The molecule has 0 spiro atoms. The van der Waals surface area contributed by atoms with E-state index in [0.717, 1.165) is 18.3 Å². The van der Waals surface area contributed by atoms with Gasteiger partial charge in [0.15, 0.2) is 0 Å². The van der Waals surface area contributed by atoms with Gasteiger partial charge in [-0.25, -0.2) is 0 Å². The second-order valence-corrected chi connectivity index (χ2v) is 3.57. The fourth-order valence-electron chi connectivity index (χ4n) is 1.43. The molecule has 0 aliphatic heterocycles. The molecule has 1 rings (SSSR count). The Hall–Kier alpha value is -1.42. The summed E-state index contributed by atoms with van der Waals surface area (Å²) in [7, 11) is 1.89. The van der Waals surface area contributed by atoms with Crippen molar-refractivity contribution in [2.45, 2.75) is 13.0 Å². The SMILES string of the molecule is CN(Cc1ccco1)CC(C=O)CC=O. The normalized spacial score (nSPS) is 12.7. The first-order valence-electron chi connectivity index (χ1n) is 4.86. The number of hydrogen-bond donors (Lipinski definition) is 0. The number of furan rings is 1. The molecule has 0 saturated carbocycles. The molecule has 0 bridgehead atoms. The molecule has 0 aliphatic carbocycles. The molecule has 4 heteroatoms. The van der Waals surface area contributed by atoms with Crippen LogP contribution < -0.4 is 0 Å². The standard InChI is InChI=1S/C11H15NO3/c1-12(7-10(9-14)4-5-13)8-11-3-2-6-15-11/h2-3,5-6,9-10H,4,7-8H2,1H3. The predicted octanol–water partition coefficient (Wildman–Crippen LogP) is 1.12. The van der Waals surface area contributed by atoms with Crippen molar-refractivity contribution >= 4 is 12.6 Å². The van der Waals surface area contributed by atoms with Crippen molar-refractivity contribution in [3.05, 3.63) is 24.2 Å². The van der Waals surface area contributed by atoms with Gasteiger partial charge in [0.25, 0.3) is 0 Å². The maximum Gasteiger partial charge on any atom is 0.124 e. The molecule has 15 heavy (non-hydrogen) atoms. The lowest BCUT2D eigenvalue weighted by Gasteiger charge is -2.17. The summed E-state index contributed by atoms with van der Waals surface area (Å²) in [6, 6.07) is 3.71. The van der Waals surface area contributed by atoms with Crippen LogP contribution in [0.5, 0.6) is 0 Å². The van der Waals surface area contributed by atoms with E-state index in [0.29, 0.717) is 13.1 Å². The van der Waals surface area contributed by atoms with Gasteiger partial charge >= 0.3 is 0 Å². The maximum absolute atomic E-state index is 10.6. The van der Waals surface area contributed by atoms with Crippen LogP contribution in [0.15, 0.2) is 22.8 Å². The number of aldehydes is 2. The van der Waals surface area contributed by atoms with Crippen LogP contribution in [0.4, 0.5) is 0 Å². The van der Waals surface area contributed by atoms with Crippen molar-refractivity contribution < 1.29 is 14.0 Å². The van der Waals surface area contributed by atoms with Gasteiger partial charge in [-0.2, -0.15) is 0 Å². The van der Waals surface area contributed by atoms with E-state index >= 15 is 0 Å². The van der Waals surface area contributed by atoms with Crippen LogP contribution in [0, 0.1) is 5.92 Å². The zero-order chi connectivity index (χ0) is 11.1. The van der Waals surface area contributed by atoms with Crippen molar-refractivity contribution in [1.29, 1.82) is 0 Å². The van der Waals surface area contributed by atoms with E-state index < -0.39 is 0 Å². The van der Waals surface area contributed by atoms with Crippen LogP contribution in [-0.2, 0) is 16.1 Å². The van der Waals surface area contributed by atoms with Crippen LogP contribution >= 0.6 is 0 Å². The van der Waals surface area contributed by atoms with Gasteiger partial charge in [-0.1, -0.05) is 0 Å². The van der Waals surface area contributed by atoms with E-state index in [4.69, 9.17) is 4.42 Å². The number of rotatable bonds is 7. The quantitative estimate of drug-likeness (QED) is 0.631. The summed E-state index contributed by atoms with van der Waals surface area (Å²) in [6.45, 7) is 1.22. The lowest BCUT2D eigenvalue weighted by molar-refractivity contribution is -0.116. The zero-order valence-electron chi connectivity index (χ0n) is 8.76. The largest absolute Gasteiger partial charge is 0.468 e. The number of carbonyl (C=O) groups excluding carboxylic acids is 2. The Kier molecular flexibility index (Phi) is 4.77. The lowest BCUT2D eigenvalue weighted by Crippen LogP contribution is -2.26. The molecule has 0 N–H and O–H groups in total. The molecular weight excluding hydrogens is 194 g/mol. The molecule has 4 nitrogen and oxygen atoms in total.